The van der Waals surface area contributed by atoms with Crippen LogP contribution in [0.2, 0.25) is 0 Å². The molecule has 4 rings (SSSR count). The number of hydrogen-bond acceptors (Lipinski definition) is 6. The summed E-state index contributed by atoms with van der Waals surface area (Å²) in [5.41, 5.74) is 0.483. The summed E-state index contributed by atoms with van der Waals surface area (Å²) in [6, 6.07) is 8.75. The molecule has 2 aliphatic heterocycles. The fourth-order valence-electron chi connectivity index (χ4n) is 4.30. The van der Waals surface area contributed by atoms with Crippen molar-refractivity contribution in [2.75, 3.05) is 32.6 Å². The number of anilines is 1. The number of hydrogen-bond donors (Lipinski definition) is 0. The summed E-state index contributed by atoms with van der Waals surface area (Å²) in [5.74, 6) is -1.19. The maximum absolute atomic E-state index is 13.1. The van der Waals surface area contributed by atoms with Crippen molar-refractivity contribution < 1.29 is 14.4 Å². The number of barbiturate groups is 1. The summed E-state index contributed by atoms with van der Waals surface area (Å²) < 4.78 is 1.23. The summed E-state index contributed by atoms with van der Waals surface area (Å²) in [7, 11) is 5.97. The number of urea groups is 1. The molecule has 0 atom stereocenters. The first-order valence-corrected chi connectivity index (χ1v) is 9.16. The van der Waals surface area contributed by atoms with Gasteiger partial charge >= 0.3 is 6.03 Å². The Labute approximate surface area is 167 Å². The van der Waals surface area contributed by atoms with E-state index in [1.54, 1.807) is 19.0 Å². The van der Waals surface area contributed by atoms with Crippen molar-refractivity contribution >= 4 is 23.5 Å². The summed E-state index contributed by atoms with van der Waals surface area (Å²) in [6.07, 6.45) is -0.0820. The molecule has 0 N–H and O–H groups in total. The molecule has 9 nitrogen and oxygen atoms in total. The maximum atomic E-state index is 13.1. The number of amides is 4. The van der Waals surface area contributed by atoms with Crippen LogP contribution in [0, 0.1) is 5.41 Å². The average molecular weight is 395 g/mol. The minimum absolute atomic E-state index is 0.0499. The van der Waals surface area contributed by atoms with E-state index >= 15 is 0 Å². The number of fused-ring (bicyclic) bond motifs is 1. The maximum Gasteiger partial charge on any atom is 0.332 e. The quantitative estimate of drug-likeness (QED) is 0.652. The van der Waals surface area contributed by atoms with Crippen LogP contribution in [-0.2, 0) is 23.1 Å². The lowest BCUT2D eigenvalue weighted by Gasteiger charge is -2.46. The number of aromatic nitrogens is 2. The van der Waals surface area contributed by atoms with Gasteiger partial charge in [-0.25, -0.2) is 9.48 Å². The zero-order chi connectivity index (χ0) is 21.1. The van der Waals surface area contributed by atoms with Gasteiger partial charge in [-0.2, -0.15) is 5.10 Å². The Morgan fingerprint density at radius 2 is 1.48 bits per heavy atom. The smallest absolute Gasteiger partial charge is 0.332 e. The summed E-state index contributed by atoms with van der Waals surface area (Å²) in [4.78, 5) is 54.9. The third-order valence-electron chi connectivity index (χ3n) is 5.73. The highest BCUT2D eigenvalue weighted by molar-refractivity contribution is 6.19. The van der Waals surface area contributed by atoms with Gasteiger partial charge < -0.3 is 4.90 Å². The number of carbonyl (C=O) groups is 3. The van der Waals surface area contributed by atoms with Gasteiger partial charge in [-0.05, 0) is 0 Å². The Bertz CT molecular complexity index is 1080. The van der Waals surface area contributed by atoms with Gasteiger partial charge in [0.1, 0.15) is 5.69 Å². The number of nitrogens with zero attached hydrogens (tertiary/aromatic N) is 5. The van der Waals surface area contributed by atoms with Crippen LogP contribution >= 0.6 is 0 Å². The normalized spacial score (nSPS) is 18.5. The van der Waals surface area contributed by atoms with Gasteiger partial charge in [0, 0.05) is 52.3 Å². The molecule has 0 unspecified atom stereocenters. The third-order valence-corrected chi connectivity index (χ3v) is 5.73. The topological polar surface area (TPSA) is 95.8 Å². The van der Waals surface area contributed by atoms with Crippen LogP contribution in [0.15, 0.2) is 35.1 Å². The highest BCUT2D eigenvalue weighted by Gasteiger charge is 2.58. The second kappa shape index (κ2) is 6.26. The number of imide groups is 2. The van der Waals surface area contributed by atoms with E-state index in [2.05, 4.69) is 5.10 Å². The molecule has 1 saturated heterocycles. The molecule has 3 heterocycles. The summed E-state index contributed by atoms with van der Waals surface area (Å²) in [6.45, 7) is 0.0499. The highest BCUT2D eigenvalue weighted by Crippen LogP contribution is 2.42. The van der Waals surface area contributed by atoms with Gasteiger partial charge in [-0.1, -0.05) is 30.3 Å². The lowest BCUT2D eigenvalue weighted by Crippen LogP contribution is -2.68. The number of benzene rings is 1. The molecule has 0 bridgehead atoms. The molecule has 1 fully saturated rings. The van der Waals surface area contributed by atoms with Crippen molar-refractivity contribution in [1.29, 1.82) is 0 Å². The molecule has 1 spiro atoms. The molecule has 1 aromatic heterocycles. The van der Waals surface area contributed by atoms with E-state index in [9.17, 15) is 19.2 Å². The largest absolute Gasteiger partial charge is 0.371 e. The molecule has 0 aliphatic carbocycles. The molecule has 1 aromatic carbocycles. The van der Waals surface area contributed by atoms with Crippen LogP contribution in [0.25, 0.3) is 11.3 Å². The third kappa shape index (κ3) is 2.50. The lowest BCUT2D eigenvalue weighted by molar-refractivity contribution is -0.156. The van der Waals surface area contributed by atoms with E-state index < -0.39 is 23.3 Å². The van der Waals surface area contributed by atoms with Crippen LogP contribution in [0.4, 0.5) is 10.5 Å². The molecular weight excluding hydrogens is 374 g/mol. The molecule has 2 aliphatic rings. The minimum Gasteiger partial charge on any atom is -0.371 e. The predicted molar refractivity (Wildman–Crippen MR) is 105 cm³/mol. The van der Waals surface area contributed by atoms with E-state index in [0.29, 0.717) is 16.9 Å². The van der Waals surface area contributed by atoms with Crippen molar-refractivity contribution in [3.8, 4) is 11.3 Å². The highest BCUT2D eigenvalue weighted by atomic mass is 16.2. The standard InChI is InChI=1S/C20H21N5O4/c1-22-11-20(17(27)23(2)19(29)24(3)18(20)28)10-13-15(22)14(21-25(4)16(13)26)12-8-6-5-7-9-12/h5-9H,10-11H2,1-4H3. The second-order valence-corrected chi connectivity index (χ2v) is 7.60. The van der Waals surface area contributed by atoms with Crippen molar-refractivity contribution in [2.24, 2.45) is 12.5 Å². The average Bonchev–Trinajstić information content (AvgIpc) is 2.73. The van der Waals surface area contributed by atoms with E-state index in [1.165, 1.54) is 18.8 Å². The summed E-state index contributed by atoms with van der Waals surface area (Å²) >= 11 is 0. The van der Waals surface area contributed by atoms with E-state index in [4.69, 9.17) is 0 Å². The van der Waals surface area contributed by atoms with Crippen LogP contribution in [0.3, 0.4) is 0 Å². The number of aryl methyl sites for hydroxylation is 1. The summed E-state index contributed by atoms with van der Waals surface area (Å²) in [5, 5.41) is 4.44. The van der Waals surface area contributed by atoms with Gasteiger partial charge in [0.15, 0.2) is 5.41 Å². The van der Waals surface area contributed by atoms with Gasteiger partial charge in [0.05, 0.1) is 5.69 Å². The second-order valence-electron chi connectivity index (χ2n) is 7.60. The first-order chi connectivity index (χ1) is 13.7. The fourth-order valence-corrected chi connectivity index (χ4v) is 4.30. The van der Waals surface area contributed by atoms with Crippen molar-refractivity contribution in [3.63, 3.8) is 0 Å². The van der Waals surface area contributed by atoms with Gasteiger partial charge in [-0.3, -0.25) is 24.2 Å². The van der Waals surface area contributed by atoms with Gasteiger partial charge in [-0.15, -0.1) is 0 Å². The Hall–Kier alpha value is -3.49. The van der Waals surface area contributed by atoms with E-state index in [1.807, 2.05) is 30.3 Å². The molecular formula is C20H21N5O4. The molecule has 4 amide bonds. The molecule has 0 radical (unpaired) electrons. The molecule has 9 heteroatoms. The van der Waals surface area contributed by atoms with E-state index in [-0.39, 0.29) is 18.5 Å². The number of carbonyl (C=O) groups excluding carboxylic acids is 3. The molecule has 29 heavy (non-hydrogen) atoms. The first-order valence-electron chi connectivity index (χ1n) is 9.16. The van der Waals surface area contributed by atoms with Crippen molar-refractivity contribution in [2.45, 2.75) is 6.42 Å². The first kappa shape index (κ1) is 18.9. The fraction of sp³-hybridized carbons (Fsp3) is 0.350. The van der Waals surface area contributed by atoms with Crippen LogP contribution in [0.5, 0.6) is 0 Å². The zero-order valence-corrected chi connectivity index (χ0v) is 16.7. The lowest BCUT2D eigenvalue weighted by atomic mass is 9.74. The van der Waals surface area contributed by atoms with Crippen molar-refractivity contribution in [3.05, 3.63) is 46.2 Å². The van der Waals surface area contributed by atoms with E-state index in [0.717, 1.165) is 15.4 Å². The predicted octanol–water partition coefficient (Wildman–Crippen LogP) is 0.476. The molecule has 0 saturated carbocycles. The molecule has 2 aromatic rings. The Morgan fingerprint density at radius 3 is 2.07 bits per heavy atom. The zero-order valence-electron chi connectivity index (χ0n) is 16.7. The van der Waals surface area contributed by atoms with Gasteiger partial charge in [0.25, 0.3) is 5.56 Å². The minimum atomic E-state index is -1.53. The Balaban J connectivity index is 1.94. The van der Waals surface area contributed by atoms with Crippen LogP contribution in [-0.4, -0.2) is 65.1 Å². The Kier molecular flexibility index (Phi) is 4.07. The Morgan fingerprint density at radius 1 is 0.897 bits per heavy atom. The van der Waals surface area contributed by atoms with Crippen molar-refractivity contribution in [1.82, 2.24) is 19.6 Å². The monoisotopic (exact) mass is 395 g/mol. The van der Waals surface area contributed by atoms with Gasteiger partial charge in [0.2, 0.25) is 11.8 Å². The SMILES string of the molecule is CN1C(=O)N(C)C(=O)C2(Cc3c(c(-c4ccccc4)nn(C)c3=O)N(C)C2)C1=O. The van der Waals surface area contributed by atoms with Crippen LogP contribution < -0.4 is 10.5 Å². The number of rotatable bonds is 1. The molecule has 150 valence electrons. The van der Waals surface area contributed by atoms with Crippen LogP contribution in [0.1, 0.15) is 5.56 Å².